The Bertz CT molecular complexity index is 497. The molecule has 0 amide bonds. The van der Waals surface area contributed by atoms with E-state index in [1.807, 2.05) is 6.20 Å². The van der Waals surface area contributed by atoms with Crippen LogP contribution in [0.4, 0.5) is 0 Å². The Morgan fingerprint density at radius 2 is 2.44 bits per heavy atom. The number of rotatable bonds is 3. The molecule has 2 aliphatic rings. The zero-order valence-corrected chi connectivity index (χ0v) is 10.6. The monoisotopic (exact) mass is 242 g/mol. The van der Waals surface area contributed by atoms with Crippen molar-refractivity contribution in [1.29, 1.82) is 0 Å². The number of aromatic nitrogens is 2. The van der Waals surface area contributed by atoms with Gasteiger partial charge in [0.1, 0.15) is 0 Å². The highest BCUT2D eigenvalue weighted by atomic mass is 16.5. The molecule has 2 atom stereocenters. The zero-order valence-electron chi connectivity index (χ0n) is 10.6. The molecule has 0 radical (unpaired) electrons. The Kier molecular flexibility index (Phi) is 3.15. The third kappa shape index (κ3) is 2.31. The van der Waals surface area contributed by atoms with E-state index in [9.17, 15) is 0 Å². The topological polar surface area (TPSA) is 37.9 Å². The number of methoxy groups -OCH3 is 1. The summed E-state index contributed by atoms with van der Waals surface area (Å²) in [6.07, 6.45) is 16.1. The summed E-state index contributed by atoms with van der Waals surface area (Å²) in [5.74, 6) is 0.630. The number of nitrogens with one attached hydrogen (secondary N) is 1. The van der Waals surface area contributed by atoms with Crippen molar-refractivity contribution in [2.75, 3.05) is 7.11 Å². The first-order valence-corrected chi connectivity index (χ1v) is 6.44. The van der Waals surface area contributed by atoms with Crippen molar-refractivity contribution in [3.8, 4) is 0 Å². The van der Waals surface area contributed by atoms with Crippen LogP contribution in [0.25, 0.3) is 0 Å². The second-order valence-electron chi connectivity index (χ2n) is 4.98. The lowest BCUT2D eigenvalue weighted by molar-refractivity contribution is 0.119. The maximum atomic E-state index is 5.40. The number of allylic oxidation sites excluding steroid dienone is 5. The van der Waals surface area contributed by atoms with E-state index in [2.05, 4.69) is 34.3 Å². The Labute approximate surface area is 107 Å². The van der Waals surface area contributed by atoms with Crippen LogP contribution >= 0.6 is 0 Å². The third-order valence-electron chi connectivity index (χ3n) is 3.76. The van der Waals surface area contributed by atoms with E-state index in [0.29, 0.717) is 5.92 Å². The van der Waals surface area contributed by atoms with Gasteiger partial charge in [-0.2, -0.15) is 0 Å². The van der Waals surface area contributed by atoms with Crippen LogP contribution in [0.1, 0.15) is 18.5 Å². The van der Waals surface area contributed by atoms with Crippen LogP contribution in [0.5, 0.6) is 0 Å². The molecule has 1 N–H and O–H groups in total. The molecular formula is C15H18N2O. The van der Waals surface area contributed by atoms with Gasteiger partial charge in [0.15, 0.2) is 0 Å². The molecular weight excluding hydrogens is 224 g/mol. The molecule has 18 heavy (non-hydrogen) atoms. The highest BCUT2D eigenvalue weighted by Gasteiger charge is 2.23. The van der Waals surface area contributed by atoms with Gasteiger partial charge in [-0.15, -0.1) is 0 Å². The molecule has 3 nitrogen and oxygen atoms in total. The van der Waals surface area contributed by atoms with Gasteiger partial charge in [-0.3, -0.25) is 0 Å². The van der Waals surface area contributed by atoms with Gasteiger partial charge in [0, 0.05) is 25.4 Å². The smallest absolute Gasteiger partial charge is 0.0921 e. The molecule has 94 valence electrons. The molecule has 1 heterocycles. The van der Waals surface area contributed by atoms with Gasteiger partial charge >= 0.3 is 0 Å². The number of nitrogens with zero attached hydrogens (tertiary/aromatic N) is 1. The number of hydrogen-bond donors (Lipinski definition) is 1. The number of hydrogen-bond acceptors (Lipinski definition) is 2. The van der Waals surface area contributed by atoms with E-state index in [-0.39, 0.29) is 6.10 Å². The second kappa shape index (κ2) is 4.94. The average molecular weight is 242 g/mol. The van der Waals surface area contributed by atoms with Gasteiger partial charge < -0.3 is 9.72 Å². The first kappa shape index (κ1) is 11.5. The van der Waals surface area contributed by atoms with Crippen molar-refractivity contribution in [3.05, 3.63) is 53.7 Å². The zero-order chi connectivity index (χ0) is 12.4. The maximum absolute atomic E-state index is 5.40. The van der Waals surface area contributed by atoms with Crippen molar-refractivity contribution in [1.82, 2.24) is 9.97 Å². The van der Waals surface area contributed by atoms with Crippen molar-refractivity contribution < 1.29 is 4.74 Å². The van der Waals surface area contributed by atoms with Gasteiger partial charge in [0.2, 0.25) is 0 Å². The van der Waals surface area contributed by atoms with Crippen LogP contribution in [0, 0.1) is 5.92 Å². The lowest BCUT2D eigenvalue weighted by Gasteiger charge is -2.28. The minimum atomic E-state index is 0.287. The third-order valence-corrected chi connectivity index (χ3v) is 3.76. The molecule has 3 rings (SSSR count). The molecule has 1 aromatic heterocycles. The quantitative estimate of drug-likeness (QED) is 0.885. The molecule has 2 aliphatic carbocycles. The summed E-state index contributed by atoms with van der Waals surface area (Å²) >= 11 is 0. The first-order chi connectivity index (χ1) is 8.85. The Morgan fingerprint density at radius 1 is 1.50 bits per heavy atom. The van der Waals surface area contributed by atoms with Crippen LogP contribution in [0.2, 0.25) is 0 Å². The summed E-state index contributed by atoms with van der Waals surface area (Å²) in [7, 11) is 1.78. The van der Waals surface area contributed by atoms with E-state index in [0.717, 1.165) is 19.3 Å². The lowest BCUT2D eigenvalue weighted by atomic mass is 9.80. The predicted octanol–water partition coefficient (Wildman–Crippen LogP) is 2.80. The number of H-pyrrole nitrogens is 1. The minimum absolute atomic E-state index is 0.287. The Morgan fingerprint density at radius 3 is 3.22 bits per heavy atom. The van der Waals surface area contributed by atoms with E-state index in [1.54, 1.807) is 13.4 Å². The largest absolute Gasteiger partial charge is 0.377 e. The van der Waals surface area contributed by atoms with Crippen molar-refractivity contribution >= 4 is 0 Å². The van der Waals surface area contributed by atoms with Crippen LogP contribution in [0.3, 0.4) is 0 Å². The number of imidazole rings is 1. The highest BCUT2D eigenvalue weighted by molar-refractivity contribution is 5.39. The van der Waals surface area contributed by atoms with Crippen molar-refractivity contribution in [2.45, 2.75) is 25.4 Å². The van der Waals surface area contributed by atoms with Gasteiger partial charge in [0.05, 0.1) is 12.4 Å². The molecule has 0 aliphatic heterocycles. The fraction of sp³-hybridized carbons (Fsp3) is 0.400. The Balaban J connectivity index is 1.74. The fourth-order valence-electron chi connectivity index (χ4n) is 2.71. The standard InChI is InChI=1S/C15H18N2O/c1-18-15-5-4-12-6-11(2-3-13(12)8-15)7-14-9-16-10-17-14/h2,4-6,9-10,13,15H,3,7-8H2,1H3,(H,16,17). The highest BCUT2D eigenvalue weighted by Crippen LogP contribution is 2.33. The van der Waals surface area contributed by atoms with E-state index in [1.165, 1.54) is 16.8 Å². The van der Waals surface area contributed by atoms with Gasteiger partial charge in [-0.05, 0) is 29.9 Å². The summed E-state index contributed by atoms with van der Waals surface area (Å²) in [5, 5.41) is 0. The summed E-state index contributed by atoms with van der Waals surface area (Å²) in [6.45, 7) is 0. The molecule has 0 fully saturated rings. The van der Waals surface area contributed by atoms with Crippen LogP contribution in [-0.4, -0.2) is 23.2 Å². The molecule has 0 spiro atoms. The van der Waals surface area contributed by atoms with E-state index >= 15 is 0 Å². The first-order valence-electron chi connectivity index (χ1n) is 6.44. The van der Waals surface area contributed by atoms with E-state index < -0.39 is 0 Å². The maximum Gasteiger partial charge on any atom is 0.0921 e. The minimum Gasteiger partial charge on any atom is -0.377 e. The van der Waals surface area contributed by atoms with Crippen LogP contribution in [0.15, 0.2) is 48.0 Å². The van der Waals surface area contributed by atoms with Crippen molar-refractivity contribution in [3.63, 3.8) is 0 Å². The normalized spacial score (nSPS) is 26.5. The SMILES string of the molecule is COC1C=CC2=CC(Cc3cnc[nH]3)=CCC2C1. The van der Waals surface area contributed by atoms with Crippen LogP contribution in [-0.2, 0) is 11.2 Å². The second-order valence-corrected chi connectivity index (χ2v) is 4.98. The fourth-order valence-corrected chi connectivity index (χ4v) is 2.71. The van der Waals surface area contributed by atoms with Gasteiger partial charge in [0.25, 0.3) is 0 Å². The average Bonchev–Trinajstić information content (AvgIpc) is 2.91. The number of aromatic amines is 1. The van der Waals surface area contributed by atoms with Gasteiger partial charge in [-0.25, -0.2) is 4.98 Å². The van der Waals surface area contributed by atoms with E-state index in [4.69, 9.17) is 4.74 Å². The molecule has 3 heteroatoms. The molecule has 0 bridgehead atoms. The predicted molar refractivity (Wildman–Crippen MR) is 71.1 cm³/mol. The summed E-state index contributed by atoms with van der Waals surface area (Å²) in [6, 6.07) is 0. The Hall–Kier alpha value is -1.61. The van der Waals surface area contributed by atoms with Crippen LogP contribution < -0.4 is 0 Å². The number of fused-ring (bicyclic) bond motifs is 1. The molecule has 0 aromatic carbocycles. The lowest BCUT2D eigenvalue weighted by Crippen LogP contribution is -2.20. The summed E-state index contributed by atoms with van der Waals surface area (Å²) in [4.78, 5) is 7.21. The summed E-state index contributed by atoms with van der Waals surface area (Å²) < 4.78 is 5.40. The van der Waals surface area contributed by atoms with Crippen molar-refractivity contribution in [2.24, 2.45) is 5.92 Å². The molecule has 0 saturated heterocycles. The van der Waals surface area contributed by atoms with Gasteiger partial charge in [-0.1, -0.05) is 24.3 Å². The molecule has 1 aromatic rings. The molecule has 0 saturated carbocycles. The summed E-state index contributed by atoms with van der Waals surface area (Å²) in [5.41, 5.74) is 4.00. The number of ether oxygens (including phenoxy) is 1. The molecule has 2 unspecified atom stereocenters.